The molecule has 1 aliphatic rings. The predicted molar refractivity (Wildman–Crippen MR) is 135 cm³/mol. The average molecular weight is 534 g/mol. The number of rotatable bonds is 7. The molecule has 0 spiro atoms. The normalized spacial score (nSPS) is 21.0. The Labute approximate surface area is 220 Å². The summed E-state index contributed by atoms with van der Waals surface area (Å²) >= 11 is 0. The van der Waals surface area contributed by atoms with Gasteiger partial charge in [0.25, 0.3) is 5.91 Å². The molecule has 0 saturated carbocycles. The summed E-state index contributed by atoms with van der Waals surface area (Å²) in [6.45, 7) is -0.0628. The van der Waals surface area contributed by atoms with Crippen LogP contribution in [0, 0.1) is 0 Å². The van der Waals surface area contributed by atoms with Gasteiger partial charge in [-0.15, -0.1) is 0 Å². The Kier molecular flexibility index (Phi) is 6.89. The molecule has 1 aliphatic heterocycles. The Balaban J connectivity index is 1.25. The molecular formula is C25H23N7O7. The molecule has 14 heteroatoms. The number of carbonyl (C=O) groups is 2. The number of anilines is 1. The lowest BCUT2D eigenvalue weighted by Crippen LogP contribution is -2.31. The van der Waals surface area contributed by atoms with E-state index in [2.05, 4.69) is 25.3 Å². The van der Waals surface area contributed by atoms with Crippen LogP contribution >= 0.6 is 0 Å². The quantitative estimate of drug-likeness (QED) is 0.105. The summed E-state index contributed by atoms with van der Waals surface area (Å²) in [7, 11) is 0. The van der Waals surface area contributed by atoms with Crippen molar-refractivity contribution in [3.63, 3.8) is 0 Å². The number of hydrogen-bond acceptors (Lipinski definition) is 12. The van der Waals surface area contributed by atoms with Gasteiger partial charge in [0.2, 0.25) is 0 Å². The second-order valence-corrected chi connectivity index (χ2v) is 8.65. The summed E-state index contributed by atoms with van der Waals surface area (Å²) in [5.74, 6) is -2.38. The standard InChI is InChI=1S/C25H23N7O7/c26-22-17-23(30-10-29-22)32(11-31-17)25-21(37)20(36)16(39-25)2-1-5-28-24(38)14-8-13(9-15(33)19(14)35)18(34)12-3-6-27-7-4-12/h1-4,6-11,16,20-21,25,33,35-37H,5H2,(H,28,38)(H2,26,29,30)/b2-1+/t16-,20?,21?,25-/m1/s1. The number of hydrogen-bond donors (Lipinski definition) is 6. The van der Waals surface area contributed by atoms with Crippen LogP contribution in [0.3, 0.4) is 0 Å². The fourth-order valence-electron chi connectivity index (χ4n) is 4.17. The molecule has 0 aliphatic carbocycles. The van der Waals surface area contributed by atoms with Crippen molar-refractivity contribution in [1.29, 1.82) is 0 Å². The minimum absolute atomic E-state index is 0.00116. The number of phenolic OH excluding ortho intramolecular Hbond substituents is 2. The first kappa shape index (κ1) is 25.7. The molecule has 14 nitrogen and oxygen atoms in total. The van der Waals surface area contributed by atoms with Gasteiger partial charge < -0.3 is 36.2 Å². The monoisotopic (exact) mass is 533 g/mol. The number of aromatic nitrogens is 5. The van der Waals surface area contributed by atoms with E-state index in [0.29, 0.717) is 16.7 Å². The number of nitrogens with one attached hydrogen (secondary N) is 1. The van der Waals surface area contributed by atoms with E-state index in [1.54, 1.807) is 0 Å². The van der Waals surface area contributed by atoms with Gasteiger partial charge in [-0.3, -0.25) is 19.1 Å². The fourth-order valence-corrected chi connectivity index (χ4v) is 4.17. The number of nitrogens with two attached hydrogens (primary N) is 1. The Morgan fingerprint density at radius 2 is 1.85 bits per heavy atom. The van der Waals surface area contributed by atoms with Gasteiger partial charge in [-0.1, -0.05) is 12.2 Å². The van der Waals surface area contributed by atoms with E-state index in [4.69, 9.17) is 10.5 Å². The van der Waals surface area contributed by atoms with Gasteiger partial charge in [-0.2, -0.15) is 0 Å². The zero-order valence-electron chi connectivity index (χ0n) is 20.1. The maximum atomic E-state index is 12.7. The number of phenols is 2. The number of imidazole rings is 1. The van der Waals surface area contributed by atoms with Crippen LogP contribution in [0.4, 0.5) is 5.82 Å². The third-order valence-corrected chi connectivity index (χ3v) is 6.18. The smallest absolute Gasteiger partial charge is 0.255 e. The molecule has 3 aromatic heterocycles. The highest BCUT2D eigenvalue weighted by atomic mass is 16.6. The lowest BCUT2D eigenvalue weighted by Gasteiger charge is -2.16. The number of fused-ring (bicyclic) bond motifs is 1. The molecule has 0 bridgehead atoms. The summed E-state index contributed by atoms with van der Waals surface area (Å²) in [6, 6.07) is 5.21. The van der Waals surface area contributed by atoms with Crippen molar-refractivity contribution >= 4 is 28.7 Å². The molecule has 5 rings (SSSR count). The second-order valence-electron chi connectivity index (χ2n) is 8.65. The zero-order valence-corrected chi connectivity index (χ0v) is 20.1. The molecule has 1 saturated heterocycles. The van der Waals surface area contributed by atoms with Gasteiger partial charge in [0.15, 0.2) is 35.0 Å². The Hall–Kier alpha value is -4.92. The average Bonchev–Trinajstić information content (AvgIpc) is 3.49. The molecule has 4 aromatic rings. The van der Waals surface area contributed by atoms with E-state index >= 15 is 0 Å². The first-order valence-corrected chi connectivity index (χ1v) is 11.7. The Morgan fingerprint density at radius 3 is 2.62 bits per heavy atom. The molecular weight excluding hydrogens is 510 g/mol. The molecule has 0 radical (unpaired) electrons. The summed E-state index contributed by atoms with van der Waals surface area (Å²) in [4.78, 5) is 41.4. The van der Waals surface area contributed by atoms with E-state index in [1.807, 2.05) is 0 Å². The summed E-state index contributed by atoms with van der Waals surface area (Å²) in [5, 5.41) is 43.8. The predicted octanol–water partition coefficient (Wildman–Crippen LogP) is 0.0511. The Bertz CT molecular complexity index is 1570. The number of pyridine rings is 1. The second kappa shape index (κ2) is 10.4. The minimum Gasteiger partial charge on any atom is -0.504 e. The molecule has 7 N–H and O–H groups in total. The number of aromatic hydroxyl groups is 2. The molecule has 1 aromatic carbocycles. The van der Waals surface area contributed by atoms with Crippen molar-refractivity contribution in [3.8, 4) is 11.5 Å². The summed E-state index contributed by atoms with van der Waals surface area (Å²) in [5.41, 5.74) is 6.43. The third kappa shape index (κ3) is 4.86. The van der Waals surface area contributed by atoms with Crippen molar-refractivity contribution in [2.75, 3.05) is 12.3 Å². The SMILES string of the molecule is Nc1ncnc2c1ncn2[C@@H]1O[C@H](/C=C/CNC(=O)c2cc(C(=O)c3ccncc3)cc(O)c2O)C(O)C1O. The van der Waals surface area contributed by atoms with E-state index in [9.17, 15) is 30.0 Å². The minimum atomic E-state index is -1.32. The van der Waals surface area contributed by atoms with Crippen molar-refractivity contribution < 1.29 is 34.8 Å². The number of ether oxygens (including phenoxy) is 1. The van der Waals surface area contributed by atoms with Crippen molar-refractivity contribution in [2.45, 2.75) is 24.5 Å². The third-order valence-electron chi connectivity index (χ3n) is 6.18. The number of aliphatic hydroxyl groups is 2. The highest BCUT2D eigenvalue weighted by Gasteiger charge is 2.43. The van der Waals surface area contributed by atoms with E-state index in [-0.39, 0.29) is 23.5 Å². The first-order chi connectivity index (χ1) is 18.8. The zero-order chi connectivity index (χ0) is 27.7. The van der Waals surface area contributed by atoms with Crippen molar-refractivity contribution in [1.82, 2.24) is 29.8 Å². The highest BCUT2D eigenvalue weighted by Crippen LogP contribution is 2.33. The lowest BCUT2D eigenvalue weighted by molar-refractivity contribution is -0.0245. The van der Waals surface area contributed by atoms with Gasteiger partial charge >= 0.3 is 0 Å². The molecule has 2 unspecified atom stereocenters. The molecule has 39 heavy (non-hydrogen) atoms. The van der Waals surface area contributed by atoms with Crippen LogP contribution in [0.15, 0.2) is 61.5 Å². The maximum Gasteiger partial charge on any atom is 0.255 e. The number of ketones is 1. The van der Waals surface area contributed by atoms with E-state index < -0.39 is 47.7 Å². The van der Waals surface area contributed by atoms with Crippen LogP contribution in [0.2, 0.25) is 0 Å². The number of benzene rings is 1. The van der Waals surface area contributed by atoms with Crippen LogP contribution < -0.4 is 11.1 Å². The molecule has 200 valence electrons. The van der Waals surface area contributed by atoms with Crippen molar-refractivity contribution in [2.24, 2.45) is 0 Å². The van der Waals surface area contributed by atoms with Gasteiger partial charge in [0, 0.05) is 30.1 Å². The van der Waals surface area contributed by atoms with Crippen LogP contribution in [0.25, 0.3) is 11.2 Å². The Morgan fingerprint density at radius 1 is 1.08 bits per heavy atom. The molecule has 1 amide bonds. The highest BCUT2D eigenvalue weighted by molar-refractivity contribution is 6.11. The maximum absolute atomic E-state index is 12.7. The summed E-state index contributed by atoms with van der Waals surface area (Å²) in [6.07, 6.45) is 3.87. The number of aliphatic hydroxyl groups excluding tert-OH is 2. The molecule has 1 fully saturated rings. The number of carbonyl (C=O) groups excluding carboxylic acids is 2. The van der Waals surface area contributed by atoms with Gasteiger partial charge in [0.05, 0.1) is 11.9 Å². The van der Waals surface area contributed by atoms with Crippen molar-refractivity contribution in [3.05, 3.63) is 78.2 Å². The molecule has 4 atom stereocenters. The van der Waals surface area contributed by atoms with E-state index in [0.717, 1.165) is 6.07 Å². The van der Waals surface area contributed by atoms with Crippen LogP contribution in [-0.2, 0) is 4.74 Å². The topological polar surface area (TPSA) is 219 Å². The van der Waals surface area contributed by atoms with Gasteiger partial charge in [0.1, 0.15) is 30.2 Å². The van der Waals surface area contributed by atoms with Gasteiger partial charge in [-0.05, 0) is 24.3 Å². The van der Waals surface area contributed by atoms with Gasteiger partial charge in [-0.25, -0.2) is 15.0 Å². The number of nitrogens with zero attached hydrogens (tertiary/aromatic N) is 5. The number of amides is 1. The van der Waals surface area contributed by atoms with Crippen LogP contribution in [0.1, 0.15) is 32.5 Å². The van der Waals surface area contributed by atoms with Crippen LogP contribution in [-0.4, -0.2) is 81.5 Å². The fraction of sp³-hybridized carbons (Fsp3) is 0.200. The molecule has 4 heterocycles. The first-order valence-electron chi connectivity index (χ1n) is 11.7. The summed E-state index contributed by atoms with van der Waals surface area (Å²) < 4.78 is 7.23. The van der Waals surface area contributed by atoms with Crippen LogP contribution in [0.5, 0.6) is 11.5 Å². The van der Waals surface area contributed by atoms with E-state index in [1.165, 1.54) is 60.0 Å². The number of nitrogen functional groups attached to an aromatic ring is 1. The lowest BCUT2D eigenvalue weighted by atomic mass is 10.0. The largest absolute Gasteiger partial charge is 0.504 e.